The van der Waals surface area contributed by atoms with Crippen LogP contribution in [0.25, 0.3) is 0 Å². The molecule has 2 saturated heterocycles. The van der Waals surface area contributed by atoms with Gasteiger partial charge in [0.2, 0.25) is 0 Å². The highest BCUT2D eigenvalue weighted by Crippen LogP contribution is 2.25. The molecule has 0 saturated carbocycles. The van der Waals surface area contributed by atoms with Crippen molar-refractivity contribution in [2.75, 3.05) is 37.0 Å². The van der Waals surface area contributed by atoms with Gasteiger partial charge in [-0.15, -0.1) is 10.2 Å². The van der Waals surface area contributed by atoms with E-state index in [0.717, 1.165) is 49.4 Å². The molecule has 29 heavy (non-hydrogen) atoms. The minimum Gasteiger partial charge on any atom is -0.375 e. The Kier molecular flexibility index (Phi) is 6.58. The third-order valence-corrected chi connectivity index (χ3v) is 8.58. The number of nitrogens with zero attached hydrogens (tertiary/aromatic N) is 4. The van der Waals surface area contributed by atoms with Crippen molar-refractivity contribution in [3.05, 3.63) is 41.7 Å². The van der Waals surface area contributed by atoms with Crippen molar-refractivity contribution in [1.29, 1.82) is 0 Å². The van der Waals surface area contributed by atoms with Gasteiger partial charge in [-0.1, -0.05) is 42.1 Å². The molecule has 0 N–H and O–H groups in total. The van der Waals surface area contributed by atoms with Gasteiger partial charge in [-0.3, -0.25) is 4.90 Å². The molecule has 7 nitrogen and oxygen atoms in total. The topological polar surface area (TPSA) is 77.3 Å². The second kappa shape index (κ2) is 9.16. The molecule has 2 aliphatic rings. The van der Waals surface area contributed by atoms with E-state index in [-0.39, 0.29) is 17.8 Å². The molecule has 2 aliphatic heterocycles. The Morgan fingerprint density at radius 1 is 1.24 bits per heavy atom. The van der Waals surface area contributed by atoms with Crippen LogP contribution in [0.3, 0.4) is 0 Å². The summed E-state index contributed by atoms with van der Waals surface area (Å²) in [6, 6.07) is 10.5. The van der Waals surface area contributed by atoms with E-state index in [1.165, 1.54) is 5.56 Å². The normalized spacial score (nSPS) is 24.7. The summed E-state index contributed by atoms with van der Waals surface area (Å²) in [4.78, 5) is 2.44. The first kappa shape index (κ1) is 20.8. The van der Waals surface area contributed by atoms with Crippen molar-refractivity contribution in [1.82, 2.24) is 19.7 Å². The summed E-state index contributed by atoms with van der Waals surface area (Å²) in [6.07, 6.45) is 1.57. The molecular weight excluding hydrogens is 408 g/mol. The van der Waals surface area contributed by atoms with E-state index in [4.69, 9.17) is 4.74 Å². The summed E-state index contributed by atoms with van der Waals surface area (Å²) in [7, 11) is -0.895. The fourth-order valence-corrected chi connectivity index (χ4v) is 6.77. The summed E-state index contributed by atoms with van der Waals surface area (Å²) < 4.78 is 31.3. The summed E-state index contributed by atoms with van der Waals surface area (Å²) >= 11 is 1.66. The van der Waals surface area contributed by atoms with Crippen LogP contribution in [-0.2, 0) is 34.6 Å². The molecule has 9 heteroatoms. The summed E-state index contributed by atoms with van der Waals surface area (Å²) in [6.45, 7) is 3.56. The van der Waals surface area contributed by atoms with Crippen LogP contribution in [0.1, 0.15) is 17.8 Å². The van der Waals surface area contributed by atoms with E-state index in [9.17, 15) is 8.42 Å². The van der Waals surface area contributed by atoms with Crippen molar-refractivity contribution in [2.45, 2.75) is 30.6 Å². The van der Waals surface area contributed by atoms with Gasteiger partial charge < -0.3 is 9.30 Å². The van der Waals surface area contributed by atoms with Gasteiger partial charge in [0.05, 0.1) is 24.2 Å². The smallest absolute Gasteiger partial charge is 0.191 e. The van der Waals surface area contributed by atoms with Crippen LogP contribution in [0.15, 0.2) is 35.5 Å². The molecule has 0 bridgehead atoms. The lowest BCUT2D eigenvalue weighted by Crippen LogP contribution is -2.43. The van der Waals surface area contributed by atoms with Crippen molar-refractivity contribution in [3.8, 4) is 0 Å². The predicted molar refractivity (Wildman–Crippen MR) is 114 cm³/mol. The Balaban J connectivity index is 1.28. The van der Waals surface area contributed by atoms with Crippen LogP contribution in [-0.4, -0.2) is 71.1 Å². The number of hydrogen-bond donors (Lipinski definition) is 0. The Morgan fingerprint density at radius 3 is 2.83 bits per heavy atom. The van der Waals surface area contributed by atoms with Gasteiger partial charge >= 0.3 is 0 Å². The van der Waals surface area contributed by atoms with Gasteiger partial charge in [-0.25, -0.2) is 8.42 Å². The Hall–Kier alpha value is -1.42. The minimum atomic E-state index is -2.86. The molecule has 0 amide bonds. The van der Waals surface area contributed by atoms with Crippen molar-refractivity contribution >= 4 is 21.6 Å². The first-order valence-electron chi connectivity index (χ1n) is 10.1. The van der Waals surface area contributed by atoms with Crippen LogP contribution >= 0.6 is 11.8 Å². The van der Waals surface area contributed by atoms with Crippen LogP contribution in [0.2, 0.25) is 0 Å². The third-order valence-electron chi connectivity index (χ3n) is 5.59. The second-order valence-corrected chi connectivity index (χ2v) is 11.2. The fourth-order valence-electron chi connectivity index (χ4n) is 3.97. The van der Waals surface area contributed by atoms with E-state index in [1.807, 2.05) is 17.7 Å². The molecular formula is C20H28N4O3S2. The molecule has 158 valence electrons. The van der Waals surface area contributed by atoms with Crippen LogP contribution < -0.4 is 0 Å². The zero-order valence-corrected chi connectivity index (χ0v) is 18.4. The van der Waals surface area contributed by atoms with Gasteiger partial charge in [0.1, 0.15) is 5.82 Å². The average Bonchev–Trinajstić information content (AvgIpc) is 3.23. The highest BCUT2D eigenvalue weighted by Gasteiger charge is 2.29. The minimum absolute atomic E-state index is 0.161. The lowest BCUT2D eigenvalue weighted by molar-refractivity contribution is -0.0187. The standard InChI is InChI=1S/C20H28N4O3S2/c1-23-19(11-17-7-10-29(25,26)15-17)21-22-20(23)28-14-18-13-24(8-9-27-18)12-16-5-3-2-4-6-16/h2-6,17-18H,7-15H2,1H3/t17-,18+/m1/s1. The number of thioether (sulfide) groups is 1. The van der Waals surface area contributed by atoms with E-state index in [0.29, 0.717) is 12.2 Å². The molecule has 1 aromatic heterocycles. The van der Waals surface area contributed by atoms with Crippen molar-refractivity contribution in [2.24, 2.45) is 13.0 Å². The van der Waals surface area contributed by atoms with Crippen LogP contribution in [0, 0.1) is 5.92 Å². The summed E-state index contributed by atoms with van der Waals surface area (Å²) in [5, 5.41) is 9.50. The molecule has 2 aromatic rings. The zero-order chi connectivity index (χ0) is 20.3. The lowest BCUT2D eigenvalue weighted by atomic mass is 10.1. The van der Waals surface area contributed by atoms with E-state index < -0.39 is 9.84 Å². The number of ether oxygens (including phenoxy) is 1. The fraction of sp³-hybridized carbons (Fsp3) is 0.600. The van der Waals surface area contributed by atoms with Crippen molar-refractivity contribution < 1.29 is 13.2 Å². The predicted octanol–water partition coefficient (Wildman–Crippen LogP) is 1.79. The zero-order valence-electron chi connectivity index (χ0n) is 16.7. The van der Waals surface area contributed by atoms with E-state index in [2.05, 4.69) is 39.4 Å². The maximum atomic E-state index is 11.7. The molecule has 2 atom stereocenters. The Bertz CT molecular complexity index is 917. The first-order valence-corrected chi connectivity index (χ1v) is 12.9. The largest absolute Gasteiger partial charge is 0.375 e. The number of benzene rings is 1. The molecule has 4 rings (SSSR count). The molecule has 2 fully saturated rings. The summed E-state index contributed by atoms with van der Waals surface area (Å²) in [5.41, 5.74) is 1.33. The Morgan fingerprint density at radius 2 is 2.07 bits per heavy atom. The number of sulfone groups is 1. The van der Waals surface area contributed by atoms with Gasteiger partial charge in [-0.05, 0) is 17.9 Å². The third kappa shape index (κ3) is 5.59. The van der Waals surface area contributed by atoms with Crippen molar-refractivity contribution in [3.63, 3.8) is 0 Å². The Labute approximate surface area is 176 Å². The number of morpholine rings is 1. The SMILES string of the molecule is Cn1c(C[C@H]2CCS(=O)(=O)C2)nnc1SC[C@@H]1CN(Cc2ccccc2)CCO1. The number of rotatable bonds is 7. The average molecular weight is 437 g/mol. The molecule has 0 spiro atoms. The quantitative estimate of drug-likeness (QED) is 0.612. The molecule has 3 heterocycles. The van der Waals surface area contributed by atoms with Gasteiger partial charge in [-0.2, -0.15) is 0 Å². The van der Waals surface area contributed by atoms with Gasteiger partial charge in [0.15, 0.2) is 15.0 Å². The number of aromatic nitrogens is 3. The highest BCUT2D eigenvalue weighted by molar-refractivity contribution is 7.99. The molecule has 0 unspecified atom stereocenters. The maximum absolute atomic E-state index is 11.7. The van der Waals surface area contributed by atoms with Crippen LogP contribution in [0.5, 0.6) is 0 Å². The molecule has 0 radical (unpaired) electrons. The number of hydrogen-bond acceptors (Lipinski definition) is 7. The maximum Gasteiger partial charge on any atom is 0.191 e. The first-order chi connectivity index (χ1) is 14.0. The lowest BCUT2D eigenvalue weighted by Gasteiger charge is -2.32. The monoisotopic (exact) mass is 436 g/mol. The second-order valence-electron chi connectivity index (χ2n) is 7.96. The summed E-state index contributed by atoms with van der Waals surface area (Å²) in [5.74, 6) is 2.43. The van der Waals surface area contributed by atoms with Gasteiger partial charge in [0, 0.05) is 38.9 Å². The van der Waals surface area contributed by atoms with E-state index in [1.54, 1.807) is 11.8 Å². The highest BCUT2D eigenvalue weighted by atomic mass is 32.2. The molecule has 1 aromatic carbocycles. The molecule has 0 aliphatic carbocycles. The van der Waals surface area contributed by atoms with Gasteiger partial charge in [0.25, 0.3) is 0 Å². The van der Waals surface area contributed by atoms with E-state index >= 15 is 0 Å². The van der Waals surface area contributed by atoms with Crippen LogP contribution in [0.4, 0.5) is 0 Å².